The van der Waals surface area contributed by atoms with Gasteiger partial charge in [-0.2, -0.15) is 0 Å². The van der Waals surface area contributed by atoms with Gasteiger partial charge in [0.05, 0.1) is 11.2 Å². The first-order valence-electron chi connectivity index (χ1n) is 9.64. The van der Waals surface area contributed by atoms with Crippen molar-refractivity contribution < 1.29 is 14.6 Å². The Morgan fingerprint density at radius 3 is 2.60 bits per heavy atom. The summed E-state index contributed by atoms with van der Waals surface area (Å²) in [5.41, 5.74) is 2.32. The molecule has 25 heavy (non-hydrogen) atoms. The molecule has 5 nitrogen and oxygen atoms in total. The Balaban J connectivity index is 1.73. The largest absolute Gasteiger partial charge is 0.389 e. The van der Waals surface area contributed by atoms with Crippen molar-refractivity contribution in [3.63, 3.8) is 0 Å². The SMILES string of the molecule is CCn1c(C)cc(C(=O)N2CCC(O)(C3CCOCC3)C(C)C2)c1C. The molecule has 140 valence electrons. The summed E-state index contributed by atoms with van der Waals surface area (Å²) in [6, 6.07) is 2.01. The van der Waals surface area contributed by atoms with Crippen molar-refractivity contribution in [3.05, 3.63) is 23.0 Å². The van der Waals surface area contributed by atoms with Crippen LogP contribution in [0.3, 0.4) is 0 Å². The summed E-state index contributed by atoms with van der Waals surface area (Å²) in [6.07, 6.45) is 2.51. The second-order valence-corrected chi connectivity index (χ2v) is 7.81. The third-order valence-electron chi connectivity index (χ3n) is 6.47. The summed E-state index contributed by atoms with van der Waals surface area (Å²) < 4.78 is 7.63. The van der Waals surface area contributed by atoms with Gasteiger partial charge in [0.25, 0.3) is 5.91 Å². The Bertz CT molecular complexity index is 633. The Labute approximate surface area is 151 Å². The highest BCUT2D eigenvalue weighted by molar-refractivity contribution is 5.95. The Kier molecular flexibility index (Phi) is 5.26. The quantitative estimate of drug-likeness (QED) is 0.914. The van der Waals surface area contributed by atoms with Crippen molar-refractivity contribution in [2.45, 2.75) is 59.1 Å². The van der Waals surface area contributed by atoms with Gasteiger partial charge in [0.15, 0.2) is 0 Å². The molecule has 1 aromatic heterocycles. The van der Waals surface area contributed by atoms with Gasteiger partial charge in [0.1, 0.15) is 0 Å². The Morgan fingerprint density at radius 2 is 2.04 bits per heavy atom. The zero-order chi connectivity index (χ0) is 18.2. The van der Waals surface area contributed by atoms with Crippen molar-refractivity contribution in [2.24, 2.45) is 11.8 Å². The van der Waals surface area contributed by atoms with Crippen LogP contribution in [0, 0.1) is 25.7 Å². The standard InChI is InChI=1S/C20H32N2O3/c1-5-22-15(3)12-18(16(22)4)19(23)21-9-8-20(24,14(2)13-21)17-6-10-25-11-7-17/h12,14,17,24H,5-11,13H2,1-4H3. The summed E-state index contributed by atoms with van der Waals surface area (Å²) in [5, 5.41) is 11.3. The highest BCUT2D eigenvalue weighted by Gasteiger charge is 2.46. The van der Waals surface area contributed by atoms with E-state index >= 15 is 0 Å². The second kappa shape index (κ2) is 7.12. The van der Waals surface area contributed by atoms with Crippen LogP contribution in [-0.4, -0.2) is 52.4 Å². The third kappa shape index (κ3) is 3.24. The normalized spacial score (nSPS) is 28.4. The molecule has 1 aromatic rings. The predicted octanol–water partition coefficient (Wildman–Crippen LogP) is 2.76. The molecule has 2 aliphatic heterocycles. The van der Waals surface area contributed by atoms with Crippen LogP contribution in [-0.2, 0) is 11.3 Å². The molecule has 0 radical (unpaired) electrons. The first-order valence-corrected chi connectivity index (χ1v) is 9.64. The van der Waals surface area contributed by atoms with Crippen molar-refractivity contribution in [3.8, 4) is 0 Å². The van der Waals surface area contributed by atoms with Crippen LogP contribution < -0.4 is 0 Å². The molecular weight excluding hydrogens is 316 g/mol. The van der Waals surface area contributed by atoms with Crippen LogP contribution in [0.15, 0.2) is 6.07 Å². The van der Waals surface area contributed by atoms with Crippen molar-refractivity contribution in [2.75, 3.05) is 26.3 Å². The van der Waals surface area contributed by atoms with E-state index in [0.29, 0.717) is 25.4 Å². The number of nitrogens with zero attached hydrogens (tertiary/aromatic N) is 2. The van der Waals surface area contributed by atoms with E-state index in [-0.39, 0.29) is 11.8 Å². The van der Waals surface area contributed by atoms with Gasteiger partial charge in [-0.05, 0) is 52.0 Å². The van der Waals surface area contributed by atoms with Gasteiger partial charge in [0.2, 0.25) is 0 Å². The zero-order valence-electron chi connectivity index (χ0n) is 16.0. The minimum absolute atomic E-state index is 0.0861. The lowest BCUT2D eigenvalue weighted by atomic mass is 9.70. The molecule has 0 aliphatic carbocycles. The molecule has 2 saturated heterocycles. The molecule has 0 aromatic carbocycles. The summed E-state index contributed by atoms with van der Waals surface area (Å²) in [4.78, 5) is 15.0. The fourth-order valence-electron chi connectivity index (χ4n) is 4.80. The molecule has 2 fully saturated rings. The van der Waals surface area contributed by atoms with E-state index in [9.17, 15) is 9.90 Å². The van der Waals surface area contributed by atoms with Crippen molar-refractivity contribution in [1.82, 2.24) is 9.47 Å². The van der Waals surface area contributed by atoms with Gasteiger partial charge in [0, 0.05) is 50.2 Å². The summed E-state index contributed by atoms with van der Waals surface area (Å²) in [7, 11) is 0. The lowest BCUT2D eigenvalue weighted by molar-refractivity contribution is -0.125. The number of rotatable bonds is 3. The van der Waals surface area contributed by atoms with Crippen LogP contribution in [0.2, 0.25) is 0 Å². The number of aromatic nitrogens is 1. The average molecular weight is 348 g/mol. The Morgan fingerprint density at radius 1 is 1.36 bits per heavy atom. The van der Waals surface area contributed by atoms with Crippen molar-refractivity contribution >= 4 is 5.91 Å². The zero-order valence-corrected chi connectivity index (χ0v) is 16.0. The molecule has 0 saturated carbocycles. The van der Waals surface area contributed by atoms with Crippen LogP contribution in [0.1, 0.15) is 54.9 Å². The fourth-order valence-corrected chi connectivity index (χ4v) is 4.80. The van der Waals surface area contributed by atoms with Gasteiger partial charge in [-0.15, -0.1) is 0 Å². The summed E-state index contributed by atoms with van der Waals surface area (Å²) in [5.74, 6) is 0.482. The molecule has 0 bridgehead atoms. The number of hydrogen-bond donors (Lipinski definition) is 1. The average Bonchev–Trinajstić information content (AvgIpc) is 2.91. The minimum atomic E-state index is -0.666. The topological polar surface area (TPSA) is 54.7 Å². The summed E-state index contributed by atoms with van der Waals surface area (Å²) >= 11 is 0. The van der Waals surface area contributed by atoms with Crippen LogP contribution in [0.25, 0.3) is 0 Å². The smallest absolute Gasteiger partial charge is 0.255 e. The number of aliphatic hydroxyl groups is 1. The maximum Gasteiger partial charge on any atom is 0.255 e. The minimum Gasteiger partial charge on any atom is -0.389 e. The number of amides is 1. The first kappa shape index (κ1) is 18.5. The molecule has 1 N–H and O–H groups in total. The van der Waals surface area contributed by atoms with Crippen LogP contribution in [0.5, 0.6) is 0 Å². The van der Waals surface area contributed by atoms with E-state index in [0.717, 1.165) is 49.6 Å². The number of aryl methyl sites for hydroxylation is 1. The third-order valence-corrected chi connectivity index (χ3v) is 6.47. The highest BCUT2D eigenvalue weighted by Crippen LogP contribution is 2.39. The Hall–Kier alpha value is -1.33. The number of likely N-dealkylation sites (tertiary alicyclic amines) is 1. The lowest BCUT2D eigenvalue weighted by Gasteiger charge is -2.48. The second-order valence-electron chi connectivity index (χ2n) is 7.81. The van der Waals surface area contributed by atoms with E-state index in [1.165, 1.54) is 0 Å². The predicted molar refractivity (Wildman–Crippen MR) is 97.8 cm³/mol. The van der Waals surface area contributed by atoms with E-state index < -0.39 is 5.60 Å². The number of ether oxygens (including phenoxy) is 1. The monoisotopic (exact) mass is 348 g/mol. The van der Waals surface area contributed by atoms with Gasteiger partial charge in [-0.3, -0.25) is 4.79 Å². The maximum absolute atomic E-state index is 13.0. The van der Waals surface area contributed by atoms with Gasteiger partial charge in [-0.1, -0.05) is 6.92 Å². The van der Waals surface area contributed by atoms with E-state index in [4.69, 9.17) is 4.74 Å². The highest BCUT2D eigenvalue weighted by atomic mass is 16.5. The fraction of sp³-hybridized carbons (Fsp3) is 0.750. The molecule has 2 unspecified atom stereocenters. The molecule has 0 spiro atoms. The first-order chi connectivity index (χ1) is 11.9. The van der Waals surface area contributed by atoms with Gasteiger partial charge >= 0.3 is 0 Å². The van der Waals surface area contributed by atoms with Gasteiger partial charge in [-0.25, -0.2) is 0 Å². The maximum atomic E-state index is 13.0. The number of piperidine rings is 1. The molecular formula is C20H32N2O3. The molecule has 3 rings (SSSR count). The summed E-state index contributed by atoms with van der Waals surface area (Å²) in [6.45, 7) is 11.9. The molecule has 2 aliphatic rings. The lowest BCUT2D eigenvalue weighted by Crippen LogP contribution is -2.56. The van der Waals surface area contributed by atoms with E-state index in [1.54, 1.807) is 0 Å². The number of hydrogen-bond acceptors (Lipinski definition) is 3. The van der Waals surface area contributed by atoms with Gasteiger partial charge < -0.3 is 19.3 Å². The molecule has 3 heterocycles. The van der Waals surface area contributed by atoms with E-state index in [2.05, 4.69) is 25.3 Å². The molecule has 5 heteroatoms. The molecule has 1 amide bonds. The number of carbonyl (C=O) groups excluding carboxylic acids is 1. The van der Waals surface area contributed by atoms with Crippen LogP contribution in [0.4, 0.5) is 0 Å². The molecule has 2 atom stereocenters. The number of carbonyl (C=O) groups is 1. The van der Waals surface area contributed by atoms with Crippen LogP contribution >= 0.6 is 0 Å². The van der Waals surface area contributed by atoms with Crippen molar-refractivity contribution in [1.29, 1.82) is 0 Å². The van der Waals surface area contributed by atoms with E-state index in [1.807, 2.05) is 17.9 Å².